The van der Waals surface area contributed by atoms with Gasteiger partial charge in [0.25, 0.3) is 5.91 Å². The zero-order chi connectivity index (χ0) is 13.9. The molecule has 4 nitrogen and oxygen atoms in total. The third-order valence-electron chi connectivity index (χ3n) is 3.41. The molecule has 20 heavy (non-hydrogen) atoms. The Hall–Kier alpha value is -1.75. The molecule has 0 aliphatic heterocycles. The molecule has 0 aromatic carbocycles. The first-order valence-corrected chi connectivity index (χ1v) is 7.34. The highest BCUT2D eigenvalue weighted by Gasteiger charge is 2.33. The first kappa shape index (κ1) is 13.2. The molecule has 2 heterocycles. The number of hydrogen-bond donors (Lipinski definition) is 1. The van der Waals surface area contributed by atoms with Gasteiger partial charge >= 0.3 is 0 Å². The summed E-state index contributed by atoms with van der Waals surface area (Å²) in [6, 6.07) is 5.49. The maximum absolute atomic E-state index is 12.3. The number of pyridine rings is 2. The van der Waals surface area contributed by atoms with Crippen LogP contribution < -0.4 is 5.32 Å². The molecule has 1 aliphatic carbocycles. The number of aromatic nitrogens is 2. The van der Waals surface area contributed by atoms with Crippen LogP contribution in [0.1, 0.15) is 34.8 Å². The van der Waals surface area contributed by atoms with E-state index in [0.29, 0.717) is 11.5 Å². The summed E-state index contributed by atoms with van der Waals surface area (Å²) < 4.78 is 0.929. The Labute approximate surface area is 125 Å². The van der Waals surface area contributed by atoms with Gasteiger partial charge in [-0.25, -0.2) is 0 Å². The molecule has 0 radical (unpaired) electrons. The first-order valence-electron chi connectivity index (χ1n) is 6.55. The van der Waals surface area contributed by atoms with Gasteiger partial charge < -0.3 is 5.32 Å². The van der Waals surface area contributed by atoms with Crippen molar-refractivity contribution in [3.05, 3.63) is 58.6 Å². The number of halogens is 1. The normalized spacial score (nSPS) is 15.7. The average Bonchev–Trinajstić information content (AvgIpc) is 3.30. The topological polar surface area (TPSA) is 54.9 Å². The molecule has 2 aromatic rings. The van der Waals surface area contributed by atoms with Crippen molar-refractivity contribution in [2.24, 2.45) is 5.92 Å². The Morgan fingerprint density at radius 1 is 1.25 bits per heavy atom. The molecule has 1 aliphatic rings. The van der Waals surface area contributed by atoms with Crippen molar-refractivity contribution < 1.29 is 4.79 Å². The number of rotatable bonds is 4. The number of carbonyl (C=O) groups excluding carboxylic acids is 1. The average molecular weight is 332 g/mol. The van der Waals surface area contributed by atoms with E-state index < -0.39 is 0 Å². The van der Waals surface area contributed by atoms with Crippen LogP contribution in [0.15, 0.2) is 47.5 Å². The third-order valence-corrected chi connectivity index (χ3v) is 3.84. The summed E-state index contributed by atoms with van der Waals surface area (Å²) in [5.74, 6) is 0.446. The highest BCUT2D eigenvalue weighted by atomic mass is 79.9. The summed E-state index contributed by atoms with van der Waals surface area (Å²) in [6.45, 7) is 0. The van der Waals surface area contributed by atoms with E-state index in [2.05, 4.69) is 31.2 Å². The molecule has 102 valence electrons. The molecule has 2 aromatic heterocycles. The van der Waals surface area contributed by atoms with Crippen LogP contribution >= 0.6 is 15.9 Å². The Kier molecular flexibility index (Phi) is 3.78. The fourth-order valence-corrected chi connectivity index (χ4v) is 2.61. The van der Waals surface area contributed by atoms with Crippen molar-refractivity contribution in [2.45, 2.75) is 18.9 Å². The van der Waals surface area contributed by atoms with Gasteiger partial charge in [0.15, 0.2) is 0 Å². The lowest BCUT2D eigenvalue weighted by Gasteiger charge is -2.18. The van der Waals surface area contributed by atoms with Crippen molar-refractivity contribution >= 4 is 21.8 Å². The fourth-order valence-electron chi connectivity index (χ4n) is 2.23. The minimum Gasteiger partial charge on any atom is -0.345 e. The molecular formula is C15H14BrN3O. The molecule has 1 atom stereocenters. The van der Waals surface area contributed by atoms with Crippen LogP contribution in [-0.4, -0.2) is 15.9 Å². The minimum atomic E-state index is -0.0655. The summed E-state index contributed by atoms with van der Waals surface area (Å²) in [7, 11) is 0. The predicted octanol–water partition coefficient (Wildman–Crippen LogP) is 3.12. The van der Waals surface area contributed by atoms with Crippen molar-refractivity contribution in [2.75, 3.05) is 0 Å². The van der Waals surface area contributed by atoms with Gasteiger partial charge in [-0.05, 0) is 58.5 Å². The SMILES string of the molecule is O=C(NC(c1cncc(Br)c1)C1CC1)c1ccncc1. The second kappa shape index (κ2) is 5.71. The van der Waals surface area contributed by atoms with Gasteiger partial charge in [0.05, 0.1) is 6.04 Å². The molecule has 0 bridgehead atoms. The van der Waals surface area contributed by atoms with Crippen molar-refractivity contribution in [3.63, 3.8) is 0 Å². The van der Waals surface area contributed by atoms with Gasteiger partial charge in [-0.2, -0.15) is 0 Å². The lowest BCUT2D eigenvalue weighted by Crippen LogP contribution is -2.30. The lowest BCUT2D eigenvalue weighted by molar-refractivity contribution is 0.0931. The van der Waals surface area contributed by atoms with Crippen LogP contribution in [-0.2, 0) is 0 Å². The van der Waals surface area contributed by atoms with E-state index in [1.807, 2.05) is 12.3 Å². The Morgan fingerprint density at radius 2 is 2.00 bits per heavy atom. The lowest BCUT2D eigenvalue weighted by atomic mass is 10.0. The van der Waals surface area contributed by atoms with Crippen LogP contribution in [0.25, 0.3) is 0 Å². The molecule has 0 saturated heterocycles. The van der Waals surface area contributed by atoms with Crippen molar-refractivity contribution in [3.8, 4) is 0 Å². The van der Waals surface area contributed by atoms with E-state index in [-0.39, 0.29) is 11.9 Å². The van der Waals surface area contributed by atoms with Crippen LogP contribution in [0.2, 0.25) is 0 Å². The maximum atomic E-state index is 12.3. The molecule has 1 saturated carbocycles. The largest absolute Gasteiger partial charge is 0.345 e. The van der Waals surface area contributed by atoms with Crippen LogP contribution in [0.5, 0.6) is 0 Å². The van der Waals surface area contributed by atoms with Crippen LogP contribution in [0.4, 0.5) is 0 Å². The molecular weight excluding hydrogens is 318 g/mol. The summed E-state index contributed by atoms with van der Waals surface area (Å²) >= 11 is 3.43. The van der Waals surface area contributed by atoms with Gasteiger partial charge in [-0.1, -0.05) is 0 Å². The second-order valence-corrected chi connectivity index (χ2v) is 5.88. The highest BCUT2D eigenvalue weighted by molar-refractivity contribution is 9.10. The third kappa shape index (κ3) is 3.04. The van der Waals surface area contributed by atoms with Crippen molar-refractivity contribution in [1.82, 2.24) is 15.3 Å². The maximum Gasteiger partial charge on any atom is 0.251 e. The van der Waals surface area contributed by atoms with E-state index in [1.165, 1.54) is 0 Å². The predicted molar refractivity (Wildman–Crippen MR) is 79.1 cm³/mol. The van der Waals surface area contributed by atoms with Gasteiger partial charge in [0, 0.05) is 34.8 Å². The molecule has 1 fully saturated rings. The number of nitrogens with zero attached hydrogens (tertiary/aromatic N) is 2. The molecule has 3 rings (SSSR count). The number of amides is 1. The summed E-state index contributed by atoms with van der Waals surface area (Å²) in [4.78, 5) is 20.4. The zero-order valence-corrected chi connectivity index (χ0v) is 12.4. The number of nitrogens with one attached hydrogen (secondary N) is 1. The monoisotopic (exact) mass is 331 g/mol. The first-order chi connectivity index (χ1) is 9.74. The molecule has 5 heteroatoms. The van der Waals surface area contributed by atoms with E-state index >= 15 is 0 Å². The Morgan fingerprint density at radius 3 is 2.65 bits per heavy atom. The summed E-state index contributed by atoms with van der Waals surface area (Å²) in [5.41, 5.74) is 1.68. The standard InChI is InChI=1S/C15H14BrN3O/c16-13-7-12(8-18-9-13)14(10-1-2-10)19-15(20)11-3-5-17-6-4-11/h3-10,14H,1-2H2,(H,19,20). The second-order valence-electron chi connectivity index (χ2n) is 4.96. The quantitative estimate of drug-likeness (QED) is 0.936. The van der Waals surface area contributed by atoms with Gasteiger partial charge in [-0.15, -0.1) is 0 Å². The summed E-state index contributed by atoms with van der Waals surface area (Å²) in [5, 5.41) is 3.11. The van der Waals surface area contributed by atoms with Crippen LogP contribution in [0.3, 0.4) is 0 Å². The highest BCUT2D eigenvalue weighted by Crippen LogP contribution is 2.41. The van der Waals surface area contributed by atoms with E-state index in [1.54, 1.807) is 30.7 Å². The molecule has 1 unspecified atom stereocenters. The fraction of sp³-hybridized carbons (Fsp3) is 0.267. The minimum absolute atomic E-state index is 0.0284. The van der Waals surface area contributed by atoms with E-state index in [9.17, 15) is 4.79 Å². The Bertz CT molecular complexity index is 614. The smallest absolute Gasteiger partial charge is 0.251 e. The van der Waals surface area contributed by atoms with Crippen LogP contribution in [0, 0.1) is 5.92 Å². The molecule has 0 spiro atoms. The van der Waals surface area contributed by atoms with Gasteiger partial charge in [0.2, 0.25) is 0 Å². The van der Waals surface area contributed by atoms with E-state index in [4.69, 9.17) is 0 Å². The molecule has 1 N–H and O–H groups in total. The summed E-state index contributed by atoms with van der Waals surface area (Å²) in [6.07, 6.45) is 9.11. The van der Waals surface area contributed by atoms with Gasteiger partial charge in [-0.3, -0.25) is 14.8 Å². The number of hydrogen-bond acceptors (Lipinski definition) is 3. The van der Waals surface area contributed by atoms with E-state index in [0.717, 1.165) is 22.9 Å². The van der Waals surface area contributed by atoms with Gasteiger partial charge in [0.1, 0.15) is 0 Å². The molecule has 1 amide bonds. The Balaban J connectivity index is 1.80. The zero-order valence-electron chi connectivity index (χ0n) is 10.8. The number of carbonyl (C=O) groups is 1. The van der Waals surface area contributed by atoms with Crippen molar-refractivity contribution in [1.29, 1.82) is 0 Å².